The highest BCUT2D eigenvalue weighted by Gasteiger charge is 2.55. The number of carbonyl (C=O) groups excluding carboxylic acids is 1. The van der Waals surface area contributed by atoms with Crippen LogP contribution in [-0.2, 0) is 21.2 Å². The highest BCUT2D eigenvalue weighted by Crippen LogP contribution is 2.55. The molecule has 1 saturated carbocycles. The van der Waals surface area contributed by atoms with Gasteiger partial charge in [-0.25, -0.2) is 13.1 Å². The van der Waals surface area contributed by atoms with Gasteiger partial charge < -0.3 is 34.3 Å². The summed E-state index contributed by atoms with van der Waals surface area (Å²) in [5.41, 5.74) is 6.11. The standard InChI is InChI=1S/C51H53N9O8S/c1-30(2)37-9-3-4-10-38(37)40-11-7-17-58(40)35-23-51(24-35)28-57(29-51)34-12-13-39(41(20-34)59-43-18-31-14-16-53-48(31)55-50(43)68-46-27-66-26-44(46)59)49(61)56-69(64,65)36-21-42(60(62)63)47-45(22-36)67-25-33(54-47)19-32-8-5-6-15-52-32/h3-6,8-10,12-16,18,20-22,30,33,35,40,44,46,54H,7,11,17,19,23-29H2,1-2H3,(H,53,55)(H,56,61)/t33-,40-,44-,46-/m0/s1. The minimum absolute atomic E-state index is 0.0121. The van der Waals surface area contributed by atoms with E-state index in [0.29, 0.717) is 60.5 Å². The van der Waals surface area contributed by atoms with Crippen LogP contribution in [0.15, 0.2) is 102 Å². The van der Waals surface area contributed by atoms with Gasteiger partial charge in [0, 0.05) is 78.3 Å². The summed E-state index contributed by atoms with van der Waals surface area (Å²) in [6, 6.07) is 26.2. The first-order valence-corrected chi connectivity index (χ1v) is 25.3. The zero-order valence-electron chi connectivity index (χ0n) is 38.3. The predicted octanol–water partition coefficient (Wildman–Crippen LogP) is 7.63. The number of aromatic nitrogens is 3. The third kappa shape index (κ3) is 7.68. The van der Waals surface area contributed by atoms with E-state index in [4.69, 9.17) is 19.2 Å². The van der Waals surface area contributed by atoms with E-state index in [1.165, 1.54) is 30.0 Å². The fraction of sp³-hybridized carbons (Fsp3) is 0.392. The van der Waals surface area contributed by atoms with Crippen LogP contribution in [0.25, 0.3) is 11.0 Å². The summed E-state index contributed by atoms with van der Waals surface area (Å²) in [5, 5.41) is 16.5. The zero-order chi connectivity index (χ0) is 47.2. The molecule has 1 aliphatic carbocycles. The summed E-state index contributed by atoms with van der Waals surface area (Å²) >= 11 is 0. The summed E-state index contributed by atoms with van der Waals surface area (Å²) in [6.07, 6.45) is 8.10. The van der Waals surface area contributed by atoms with Crippen LogP contribution in [0.3, 0.4) is 0 Å². The van der Waals surface area contributed by atoms with E-state index in [9.17, 15) is 23.3 Å². The lowest BCUT2D eigenvalue weighted by Crippen LogP contribution is -2.66. The second-order valence-electron chi connectivity index (χ2n) is 19.8. The quantitative estimate of drug-likeness (QED) is 0.0847. The number of sulfonamides is 1. The molecule has 8 heterocycles. The fourth-order valence-electron chi connectivity index (χ4n) is 11.8. The molecule has 4 fully saturated rings. The molecule has 0 radical (unpaired) electrons. The first-order valence-electron chi connectivity index (χ1n) is 23.8. The average molecular weight is 952 g/mol. The Labute approximate surface area is 399 Å². The summed E-state index contributed by atoms with van der Waals surface area (Å²) < 4.78 is 49.1. The van der Waals surface area contributed by atoms with Gasteiger partial charge in [-0.1, -0.05) is 44.2 Å². The Morgan fingerprint density at radius 2 is 1.84 bits per heavy atom. The molecule has 4 atom stereocenters. The minimum atomic E-state index is -4.70. The number of hydrogen-bond donors (Lipinski definition) is 3. The average Bonchev–Trinajstić information content (AvgIpc) is 4.11. The molecular weight excluding hydrogens is 899 g/mol. The SMILES string of the molecule is CC(C)c1ccccc1[C@@H]1CCCN1C1CC2(C1)CN(c1ccc(C(=O)NS(=O)(=O)c3cc4c(c([N+](=O)[O-])c3)N[C@@H](Cc3ccccn3)CO4)c(N3c4cc5cc[nH]c5nc4O[C@H]4COC[C@@H]43)c1)C2. The molecule has 0 bridgehead atoms. The largest absolute Gasteiger partial charge is 0.489 e. The number of benzene rings is 3. The van der Waals surface area contributed by atoms with E-state index < -0.39 is 37.5 Å². The number of nitrogens with one attached hydrogen (secondary N) is 3. The van der Waals surface area contributed by atoms with Crippen molar-refractivity contribution in [2.24, 2.45) is 5.41 Å². The molecule has 6 aliphatic rings. The highest BCUT2D eigenvalue weighted by atomic mass is 32.2. The molecule has 3 N–H and O–H groups in total. The van der Waals surface area contributed by atoms with Crippen molar-refractivity contribution in [3.63, 3.8) is 0 Å². The van der Waals surface area contributed by atoms with Crippen LogP contribution < -0.4 is 29.3 Å². The fourth-order valence-corrected chi connectivity index (χ4v) is 12.8. The number of ether oxygens (including phenoxy) is 3. The van der Waals surface area contributed by atoms with Gasteiger partial charge in [-0.2, -0.15) is 4.98 Å². The number of carbonyl (C=O) groups is 1. The van der Waals surface area contributed by atoms with Gasteiger partial charge in [0.25, 0.3) is 21.6 Å². The van der Waals surface area contributed by atoms with Crippen LogP contribution in [0.1, 0.15) is 78.7 Å². The number of pyridine rings is 2. The third-order valence-electron chi connectivity index (χ3n) is 15.1. The van der Waals surface area contributed by atoms with Gasteiger partial charge in [0.1, 0.15) is 24.0 Å². The van der Waals surface area contributed by atoms with Crippen molar-refractivity contribution < 1.29 is 32.3 Å². The molecule has 17 nitrogen and oxygen atoms in total. The van der Waals surface area contributed by atoms with Crippen molar-refractivity contribution in [1.82, 2.24) is 24.6 Å². The molecule has 69 heavy (non-hydrogen) atoms. The normalized spacial score (nSPS) is 22.8. The Bertz CT molecular complexity index is 3120. The Morgan fingerprint density at radius 3 is 2.65 bits per heavy atom. The lowest BCUT2D eigenvalue weighted by molar-refractivity contribution is -0.384. The number of hydrogen-bond acceptors (Lipinski definition) is 14. The first kappa shape index (κ1) is 43.5. The van der Waals surface area contributed by atoms with Gasteiger partial charge in [-0.3, -0.25) is 24.8 Å². The Kier molecular flexibility index (Phi) is 10.6. The second-order valence-corrected chi connectivity index (χ2v) is 21.5. The van der Waals surface area contributed by atoms with Crippen LogP contribution in [0, 0.1) is 15.5 Å². The Balaban J connectivity index is 0.839. The van der Waals surface area contributed by atoms with Crippen LogP contribution in [-0.4, -0.2) is 103 Å². The van der Waals surface area contributed by atoms with Gasteiger partial charge >= 0.3 is 0 Å². The summed E-state index contributed by atoms with van der Waals surface area (Å²) in [5.74, 6) is -0.0948. The number of amides is 1. The van der Waals surface area contributed by atoms with Crippen LogP contribution in [0.2, 0.25) is 0 Å². The number of nitrogens with zero attached hydrogens (tertiary/aromatic N) is 6. The molecular formula is C51H53N9O8S. The summed E-state index contributed by atoms with van der Waals surface area (Å²) in [7, 11) is -4.70. The minimum Gasteiger partial charge on any atom is -0.489 e. The number of nitro groups is 1. The predicted molar refractivity (Wildman–Crippen MR) is 259 cm³/mol. The van der Waals surface area contributed by atoms with E-state index >= 15 is 0 Å². The van der Waals surface area contributed by atoms with Crippen molar-refractivity contribution in [2.45, 2.75) is 87.0 Å². The molecule has 0 unspecified atom stereocenters. The van der Waals surface area contributed by atoms with Crippen molar-refractivity contribution in [3.8, 4) is 11.6 Å². The molecule has 3 saturated heterocycles. The van der Waals surface area contributed by atoms with Crippen molar-refractivity contribution in [1.29, 1.82) is 0 Å². The van der Waals surface area contributed by atoms with Gasteiger partial charge in [0.15, 0.2) is 11.4 Å². The van der Waals surface area contributed by atoms with Gasteiger partial charge in [-0.15, -0.1) is 0 Å². The van der Waals surface area contributed by atoms with E-state index in [1.54, 1.807) is 24.5 Å². The van der Waals surface area contributed by atoms with E-state index in [2.05, 4.69) is 67.9 Å². The molecule has 1 spiro atoms. The molecule has 18 heteroatoms. The lowest BCUT2D eigenvalue weighted by Gasteiger charge is -2.62. The van der Waals surface area contributed by atoms with Crippen molar-refractivity contribution in [2.75, 3.05) is 54.6 Å². The van der Waals surface area contributed by atoms with Crippen molar-refractivity contribution in [3.05, 3.63) is 130 Å². The van der Waals surface area contributed by atoms with Gasteiger partial charge in [-0.05, 0) is 91.7 Å². The van der Waals surface area contributed by atoms with Crippen LogP contribution in [0.4, 0.5) is 28.4 Å². The molecule has 12 rings (SSSR count). The maximum atomic E-state index is 14.7. The summed E-state index contributed by atoms with van der Waals surface area (Å²) in [4.78, 5) is 45.4. The molecule has 356 valence electrons. The molecule has 6 aromatic rings. The second kappa shape index (κ2) is 16.7. The highest BCUT2D eigenvalue weighted by molar-refractivity contribution is 7.90. The van der Waals surface area contributed by atoms with Crippen molar-refractivity contribution >= 4 is 55.4 Å². The van der Waals surface area contributed by atoms with Crippen LogP contribution >= 0.6 is 0 Å². The Hall–Kier alpha value is -6.76. The molecule has 1 amide bonds. The zero-order valence-corrected chi connectivity index (χ0v) is 39.2. The third-order valence-corrected chi connectivity index (χ3v) is 16.4. The maximum Gasteiger partial charge on any atom is 0.297 e. The van der Waals surface area contributed by atoms with Gasteiger partial charge in [0.05, 0.1) is 46.4 Å². The number of anilines is 4. The lowest BCUT2D eigenvalue weighted by atomic mass is 9.60. The van der Waals surface area contributed by atoms with E-state index in [1.807, 2.05) is 41.3 Å². The number of likely N-dealkylation sites (tertiary alicyclic amines) is 1. The first-order chi connectivity index (χ1) is 33.4. The van der Waals surface area contributed by atoms with E-state index in [-0.39, 0.29) is 41.1 Å². The van der Waals surface area contributed by atoms with E-state index in [0.717, 1.165) is 55.3 Å². The number of rotatable bonds is 11. The van der Waals surface area contributed by atoms with Gasteiger partial charge in [0.2, 0.25) is 5.88 Å². The maximum absolute atomic E-state index is 14.7. The molecule has 5 aliphatic heterocycles. The number of aromatic amines is 1. The number of fused-ring (bicyclic) bond motifs is 4. The summed E-state index contributed by atoms with van der Waals surface area (Å²) in [6.45, 7) is 8.10. The smallest absolute Gasteiger partial charge is 0.297 e. The molecule has 3 aromatic heterocycles. The number of H-pyrrole nitrogens is 1. The topological polar surface area (TPSA) is 197 Å². The number of nitro benzene ring substituents is 1. The molecule has 3 aromatic carbocycles. The van der Waals surface area contributed by atoms with Crippen LogP contribution in [0.5, 0.6) is 11.6 Å². The Morgan fingerprint density at radius 1 is 1.00 bits per heavy atom. The monoisotopic (exact) mass is 951 g/mol.